The average molecular weight is 262 g/mol. The number of aromatic nitrogens is 2. The highest BCUT2D eigenvalue weighted by Gasteiger charge is 2.00. The molecule has 0 fully saturated rings. The van der Waals surface area contributed by atoms with E-state index in [0.717, 1.165) is 18.5 Å². The molecule has 0 amide bonds. The minimum atomic E-state index is 0.129. The van der Waals surface area contributed by atoms with Gasteiger partial charge in [-0.1, -0.05) is 17.7 Å². The minimum absolute atomic E-state index is 0.129. The first-order chi connectivity index (χ1) is 9.26. The zero-order chi connectivity index (χ0) is 13.9. The Balaban J connectivity index is 2.19. The Kier molecular flexibility index (Phi) is 7.70. The molecule has 0 spiro atoms. The first-order valence-electron chi connectivity index (χ1n) is 6.40. The van der Waals surface area contributed by atoms with Gasteiger partial charge in [-0.3, -0.25) is 9.97 Å². The average Bonchev–Trinajstić information content (AvgIpc) is 2.45. The number of nitrogens with zero attached hydrogens (tertiary/aromatic N) is 2. The van der Waals surface area contributed by atoms with Crippen LogP contribution in [-0.2, 0) is 16.1 Å². The molecule has 0 aliphatic carbocycles. The number of hydrogen-bond donors (Lipinski definition) is 0. The van der Waals surface area contributed by atoms with E-state index in [1.54, 1.807) is 25.7 Å². The Morgan fingerprint density at radius 3 is 2.95 bits per heavy atom. The second-order valence-electron chi connectivity index (χ2n) is 4.33. The van der Waals surface area contributed by atoms with Gasteiger partial charge in [-0.05, 0) is 19.8 Å². The Morgan fingerprint density at radius 1 is 1.47 bits per heavy atom. The van der Waals surface area contributed by atoms with E-state index in [-0.39, 0.29) is 6.10 Å². The van der Waals surface area contributed by atoms with Crippen LogP contribution >= 0.6 is 0 Å². The van der Waals surface area contributed by atoms with Gasteiger partial charge in [0.2, 0.25) is 0 Å². The highest BCUT2D eigenvalue weighted by atomic mass is 16.5. The van der Waals surface area contributed by atoms with Crippen molar-refractivity contribution in [3.8, 4) is 0 Å². The van der Waals surface area contributed by atoms with E-state index in [0.29, 0.717) is 13.2 Å². The number of hydrogen-bond acceptors (Lipinski definition) is 4. The molecule has 1 atom stereocenters. The Morgan fingerprint density at radius 2 is 2.32 bits per heavy atom. The highest BCUT2D eigenvalue weighted by molar-refractivity contribution is 4.99. The van der Waals surface area contributed by atoms with E-state index < -0.39 is 0 Å². The summed E-state index contributed by atoms with van der Waals surface area (Å²) in [5.74, 6) is 0. The summed E-state index contributed by atoms with van der Waals surface area (Å²) in [7, 11) is 1.70. The maximum Gasteiger partial charge on any atom is 0.0907 e. The molecule has 0 bridgehead atoms. The number of ether oxygens (including phenoxy) is 2. The van der Waals surface area contributed by atoms with Gasteiger partial charge in [0.25, 0.3) is 0 Å². The molecular weight excluding hydrogens is 240 g/mol. The lowest BCUT2D eigenvalue weighted by Gasteiger charge is -2.08. The van der Waals surface area contributed by atoms with Gasteiger partial charge in [0.1, 0.15) is 0 Å². The number of rotatable bonds is 9. The molecule has 0 N–H and O–H groups in total. The van der Waals surface area contributed by atoms with Gasteiger partial charge in [-0.15, -0.1) is 6.58 Å². The second-order valence-corrected chi connectivity index (χ2v) is 4.33. The predicted octanol–water partition coefficient (Wildman–Crippen LogP) is 2.92. The third-order valence-corrected chi connectivity index (χ3v) is 2.71. The summed E-state index contributed by atoms with van der Waals surface area (Å²) in [4.78, 5) is 8.14. The summed E-state index contributed by atoms with van der Waals surface area (Å²) in [6.07, 6.45) is 11.1. The number of allylic oxidation sites excluding steroid dienone is 1. The molecule has 0 saturated heterocycles. The maximum atomic E-state index is 5.57. The van der Waals surface area contributed by atoms with Crippen LogP contribution in [0.3, 0.4) is 0 Å². The van der Waals surface area contributed by atoms with E-state index in [1.165, 1.54) is 5.57 Å². The summed E-state index contributed by atoms with van der Waals surface area (Å²) in [5, 5.41) is 0. The fraction of sp³-hybridized carbons (Fsp3) is 0.467. The van der Waals surface area contributed by atoms with E-state index in [2.05, 4.69) is 29.5 Å². The lowest BCUT2D eigenvalue weighted by molar-refractivity contribution is 0.133. The second kappa shape index (κ2) is 9.42. The van der Waals surface area contributed by atoms with Crippen molar-refractivity contribution in [2.75, 3.05) is 13.7 Å². The van der Waals surface area contributed by atoms with Crippen LogP contribution in [0.25, 0.3) is 0 Å². The van der Waals surface area contributed by atoms with Gasteiger partial charge < -0.3 is 9.47 Å². The third-order valence-electron chi connectivity index (χ3n) is 2.71. The van der Waals surface area contributed by atoms with Crippen molar-refractivity contribution in [2.24, 2.45) is 0 Å². The summed E-state index contributed by atoms with van der Waals surface area (Å²) >= 11 is 0. The van der Waals surface area contributed by atoms with Gasteiger partial charge >= 0.3 is 0 Å². The molecule has 1 rings (SSSR count). The molecule has 4 nitrogen and oxygen atoms in total. The maximum absolute atomic E-state index is 5.57. The van der Waals surface area contributed by atoms with Gasteiger partial charge in [0.05, 0.1) is 31.2 Å². The van der Waals surface area contributed by atoms with Gasteiger partial charge in [0, 0.05) is 19.5 Å². The van der Waals surface area contributed by atoms with Crippen LogP contribution in [-0.4, -0.2) is 29.8 Å². The largest absolute Gasteiger partial charge is 0.377 e. The first kappa shape index (κ1) is 15.5. The number of methoxy groups -OCH3 is 1. The zero-order valence-electron chi connectivity index (χ0n) is 11.7. The van der Waals surface area contributed by atoms with Gasteiger partial charge in [-0.2, -0.15) is 0 Å². The fourth-order valence-electron chi connectivity index (χ4n) is 1.61. The quantitative estimate of drug-likeness (QED) is 0.642. The third kappa shape index (κ3) is 6.84. The molecule has 0 aliphatic rings. The van der Waals surface area contributed by atoms with Crippen LogP contribution < -0.4 is 0 Å². The molecule has 1 heterocycles. The summed E-state index contributed by atoms with van der Waals surface area (Å²) in [5.41, 5.74) is 2.06. The monoisotopic (exact) mass is 262 g/mol. The fourth-order valence-corrected chi connectivity index (χ4v) is 1.61. The standard InChI is InChI=1S/C15H22N2O2/c1-4-15(18-3)7-5-6-13(2)11-19-12-14-10-16-8-9-17-14/h4,6,8-10,15H,1,5,7,11-12H2,2-3H3/b13-6-. The SMILES string of the molecule is C=CC(CC/C=C(/C)COCc1cnccn1)OC. The molecular formula is C15H22N2O2. The molecule has 0 radical (unpaired) electrons. The predicted molar refractivity (Wildman–Crippen MR) is 75.7 cm³/mol. The van der Waals surface area contributed by atoms with Gasteiger partial charge in [-0.25, -0.2) is 0 Å². The van der Waals surface area contributed by atoms with E-state index >= 15 is 0 Å². The highest BCUT2D eigenvalue weighted by Crippen LogP contribution is 2.06. The summed E-state index contributed by atoms with van der Waals surface area (Å²) in [6, 6.07) is 0. The lowest BCUT2D eigenvalue weighted by atomic mass is 10.1. The van der Waals surface area contributed by atoms with E-state index in [1.807, 2.05) is 6.08 Å². The van der Waals surface area contributed by atoms with Crippen molar-refractivity contribution in [2.45, 2.75) is 32.5 Å². The van der Waals surface area contributed by atoms with Gasteiger partial charge in [0.15, 0.2) is 0 Å². The van der Waals surface area contributed by atoms with Crippen LogP contribution in [0, 0.1) is 0 Å². The van der Waals surface area contributed by atoms with Crippen LogP contribution in [0.4, 0.5) is 0 Å². The molecule has 0 aromatic carbocycles. The first-order valence-corrected chi connectivity index (χ1v) is 6.40. The minimum Gasteiger partial charge on any atom is -0.377 e. The molecule has 19 heavy (non-hydrogen) atoms. The molecule has 0 aliphatic heterocycles. The smallest absolute Gasteiger partial charge is 0.0907 e. The Hall–Kier alpha value is -1.52. The lowest BCUT2D eigenvalue weighted by Crippen LogP contribution is -2.05. The van der Waals surface area contributed by atoms with Crippen LogP contribution in [0.5, 0.6) is 0 Å². The molecule has 1 aromatic rings. The molecule has 4 heteroatoms. The topological polar surface area (TPSA) is 44.2 Å². The normalized spacial score (nSPS) is 13.3. The van der Waals surface area contributed by atoms with Crippen molar-refractivity contribution in [3.05, 3.63) is 48.6 Å². The van der Waals surface area contributed by atoms with Crippen molar-refractivity contribution in [1.29, 1.82) is 0 Å². The van der Waals surface area contributed by atoms with Crippen molar-refractivity contribution < 1.29 is 9.47 Å². The van der Waals surface area contributed by atoms with Crippen molar-refractivity contribution >= 4 is 0 Å². The molecule has 104 valence electrons. The molecule has 1 aromatic heterocycles. The zero-order valence-corrected chi connectivity index (χ0v) is 11.7. The molecule has 0 saturated carbocycles. The molecule has 1 unspecified atom stereocenters. The summed E-state index contributed by atoms with van der Waals surface area (Å²) < 4.78 is 10.8. The Bertz CT molecular complexity index is 390. The van der Waals surface area contributed by atoms with E-state index in [4.69, 9.17) is 9.47 Å². The Labute approximate surface area is 115 Å². The van der Waals surface area contributed by atoms with Crippen LogP contribution in [0.1, 0.15) is 25.5 Å². The van der Waals surface area contributed by atoms with E-state index in [9.17, 15) is 0 Å². The van der Waals surface area contributed by atoms with Crippen LogP contribution in [0.15, 0.2) is 42.9 Å². The van der Waals surface area contributed by atoms with Crippen LogP contribution in [0.2, 0.25) is 0 Å². The summed E-state index contributed by atoms with van der Waals surface area (Å²) in [6.45, 7) is 6.90. The van der Waals surface area contributed by atoms with Crippen molar-refractivity contribution in [1.82, 2.24) is 9.97 Å². The van der Waals surface area contributed by atoms with Crippen molar-refractivity contribution in [3.63, 3.8) is 0 Å².